The van der Waals surface area contributed by atoms with Crippen molar-refractivity contribution in [2.24, 2.45) is 5.92 Å². The van der Waals surface area contributed by atoms with Gasteiger partial charge in [-0.2, -0.15) is 0 Å². The number of ether oxygens (including phenoxy) is 1. The summed E-state index contributed by atoms with van der Waals surface area (Å²) in [5, 5.41) is 10.3. The molecule has 0 radical (unpaired) electrons. The van der Waals surface area contributed by atoms with Crippen LogP contribution in [0.1, 0.15) is 28.8 Å². The maximum absolute atomic E-state index is 12.5. The highest BCUT2D eigenvalue weighted by Crippen LogP contribution is 2.22. The normalized spacial score (nSPS) is 17.0. The SMILES string of the molecule is Cc1cccc(OCC(O)CN2CCC(C(=O)c3ccccc3)CC2)c1. The first kappa shape index (κ1) is 18.6. The number of β-amino-alcohol motifs (C(OH)–C–C–N with tert-alkyl or cyclic N) is 1. The number of aliphatic hydroxyl groups is 1. The molecule has 0 aliphatic carbocycles. The summed E-state index contributed by atoms with van der Waals surface area (Å²) in [6, 6.07) is 17.4. The van der Waals surface area contributed by atoms with Crippen molar-refractivity contribution in [1.82, 2.24) is 4.90 Å². The number of nitrogens with zero attached hydrogens (tertiary/aromatic N) is 1. The van der Waals surface area contributed by atoms with Crippen LogP contribution in [-0.4, -0.2) is 48.1 Å². The lowest BCUT2D eigenvalue weighted by molar-refractivity contribution is 0.0524. The van der Waals surface area contributed by atoms with Crippen molar-refractivity contribution >= 4 is 5.78 Å². The van der Waals surface area contributed by atoms with Crippen LogP contribution in [0.2, 0.25) is 0 Å². The van der Waals surface area contributed by atoms with Crippen LogP contribution in [0.25, 0.3) is 0 Å². The van der Waals surface area contributed by atoms with Gasteiger partial charge in [0.25, 0.3) is 0 Å². The molecule has 0 amide bonds. The molecule has 1 heterocycles. The van der Waals surface area contributed by atoms with E-state index in [1.165, 1.54) is 0 Å². The molecule has 138 valence electrons. The molecule has 4 nitrogen and oxygen atoms in total. The third-order valence-corrected chi connectivity index (χ3v) is 4.92. The largest absolute Gasteiger partial charge is 0.491 e. The molecule has 1 fully saturated rings. The predicted octanol–water partition coefficient (Wildman–Crippen LogP) is 3.33. The zero-order valence-corrected chi connectivity index (χ0v) is 15.3. The summed E-state index contributed by atoms with van der Waals surface area (Å²) < 4.78 is 5.68. The Hall–Kier alpha value is -2.17. The number of carbonyl (C=O) groups excluding carboxylic acids is 1. The molecule has 26 heavy (non-hydrogen) atoms. The molecule has 2 aromatic rings. The fourth-order valence-electron chi connectivity index (χ4n) is 3.46. The van der Waals surface area contributed by atoms with Crippen molar-refractivity contribution in [2.45, 2.75) is 25.9 Å². The minimum Gasteiger partial charge on any atom is -0.491 e. The van der Waals surface area contributed by atoms with E-state index in [9.17, 15) is 9.90 Å². The number of hydrogen-bond donors (Lipinski definition) is 1. The van der Waals surface area contributed by atoms with Gasteiger partial charge >= 0.3 is 0 Å². The molecule has 0 aromatic heterocycles. The summed E-state index contributed by atoms with van der Waals surface area (Å²) in [6.07, 6.45) is 1.16. The first-order chi connectivity index (χ1) is 12.6. The van der Waals surface area contributed by atoms with Crippen molar-refractivity contribution in [3.8, 4) is 5.75 Å². The number of hydrogen-bond acceptors (Lipinski definition) is 4. The second-order valence-corrected chi connectivity index (χ2v) is 7.09. The third kappa shape index (κ3) is 5.16. The molecule has 0 spiro atoms. The summed E-state index contributed by atoms with van der Waals surface area (Å²) in [4.78, 5) is 14.7. The van der Waals surface area contributed by atoms with Gasteiger partial charge < -0.3 is 14.7 Å². The number of aryl methyl sites for hydroxylation is 1. The van der Waals surface area contributed by atoms with Gasteiger partial charge in [0.15, 0.2) is 5.78 Å². The molecule has 3 rings (SSSR count). The van der Waals surface area contributed by atoms with Gasteiger partial charge in [0.05, 0.1) is 0 Å². The quantitative estimate of drug-likeness (QED) is 0.776. The topological polar surface area (TPSA) is 49.8 Å². The Morgan fingerprint density at radius 1 is 1.15 bits per heavy atom. The van der Waals surface area contributed by atoms with Crippen LogP contribution in [0.3, 0.4) is 0 Å². The van der Waals surface area contributed by atoms with Gasteiger partial charge in [-0.3, -0.25) is 4.79 Å². The Bertz CT molecular complexity index is 708. The van der Waals surface area contributed by atoms with E-state index in [1.54, 1.807) is 0 Å². The molecule has 1 atom stereocenters. The zero-order valence-electron chi connectivity index (χ0n) is 15.3. The highest BCUT2D eigenvalue weighted by Gasteiger charge is 2.26. The van der Waals surface area contributed by atoms with Gasteiger partial charge in [-0.1, -0.05) is 42.5 Å². The van der Waals surface area contributed by atoms with Gasteiger partial charge in [-0.05, 0) is 50.6 Å². The van der Waals surface area contributed by atoms with Crippen LogP contribution in [-0.2, 0) is 0 Å². The van der Waals surface area contributed by atoms with Gasteiger partial charge in [0.1, 0.15) is 18.5 Å². The van der Waals surface area contributed by atoms with Gasteiger partial charge in [-0.25, -0.2) is 0 Å². The van der Waals surface area contributed by atoms with Crippen molar-refractivity contribution in [1.29, 1.82) is 0 Å². The van der Waals surface area contributed by atoms with Crippen molar-refractivity contribution in [3.05, 3.63) is 65.7 Å². The molecule has 0 saturated carbocycles. The number of aliphatic hydroxyl groups excluding tert-OH is 1. The minimum atomic E-state index is -0.531. The second kappa shape index (κ2) is 8.97. The minimum absolute atomic E-state index is 0.0920. The van der Waals surface area contributed by atoms with E-state index in [-0.39, 0.29) is 18.3 Å². The molecule has 1 unspecified atom stereocenters. The number of ketones is 1. The van der Waals surface area contributed by atoms with Crippen LogP contribution in [0, 0.1) is 12.8 Å². The Balaban J connectivity index is 1.41. The highest BCUT2D eigenvalue weighted by atomic mass is 16.5. The molecule has 1 saturated heterocycles. The van der Waals surface area contributed by atoms with Crippen molar-refractivity contribution in [3.63, 3.8) is 0 Å². The zero-order chi connectivity index (χ0) is 18.4. The third-order valence-electron chi connectivity index (χ3n) is 4.92. The molecular formula is C22H27NO3. The molecule has 2 aromatic carbocycles. The lowest BCUT2D eigenvalue weighted by Crippen LogP contribution is -2.42. The molecular weight excluding hydrogens is 326 g/mol. The molecule has 1 aliphatic rings. The summed E-state index contributed by atoms with van der Waals surface area (Å²) in [5.74, 6) is 1.12. The first-order valence-electron chi connectivity index (χ1n) is 9.31. The first-order valence-corrected chi connectivity index (χ1v) is 9.31. The van der Waals surface area contributed by atoms with Crippen LogP contribution in [0.4, 0.5) is 0 Å². The van der Waals surface area contributed by atoms with Crippen molar-refractivity contribution < 1.29 is 14.6 Å². The fraction of sp³-hybridized carbons (Fsp3) is 0.409. The highest BCUT2D eigenvalue weighted by molar-refractivity contribution is 5.97. The van der Waals surface area contributed by atoms with E-state index in [1.807, 2.05) is 61.5 Å². The molecule has 0 bridgehead atoms. The maximum atomic E-state index is 12.5. The van der Waals surface area contributed by atoms with Gasteiger partial charge in [0.2, 0.25) is 0 Å². The number of benzene rings is 2. The number of Topliss-reactive ketones (excluding diaryl/α,β-unsaturated/α-hetero) is 1. The van der Waals surface area contributed by atoms with Crippen LogP contribution >= 0.6 is 0 Å². The Kier molecular flexibility index (Phi) is 6.42. The summed E-state index contributed by atoms with van der Waals surface area (Å²) in [6.45, 7) is 4.56. The van der Waals surface area contributed by atoms with E-state index in [0.717, 1.165) is 42.8 Å². The summed E-state index contributed by atoms with van der Waals surface area (Å²) in [7, 11) is 0. The van der Waals surface area contributed by atoms with E-state index < -0.39 is 6.10 Å². The van der Waals surface area contributed by atoms with Crippen LogP contribution in [0.5, 0.6) is 5.75 Å². The summed E-state index contributed by atoms with van der Waals surface area (Å²) in [5.41, 5.74) is 1.94. The number of rotatable bonds is 7. The van der Waals surface area contributed by atoms with Crippen LogP contribution in [0.15, 0.2) is 54.6 Å². The number of carbonyl (C=O) groups is 1. The van der Waals surface area contributed by atoms with Gasteiger partial charge in [0, 0.05) is 18.0 Å². The standard InChI is InChI=1S/C22H27NO3/c1-17-6-5-9-21(14-17)26-16-20(24)15-23-12-10-19(11-13-23)22(25)18-7-3-2-4-8-18/h2-9,14,19-20,24H,10-13,15-16H2,1H3. The van der Waals surface area contributed by atoms with E-state index >= 15 is 0 Å². The molecule has 4 heteroatoms. The van der Waals surface area contributed by atoms with Crippen LogP contribution < -0.4 is 4.74 Å². The number of likely N-dealkylation sites (tertiary alicyclic amines) is 1. The Morgan fingerprint density at radius 2 is 1.88 bits per heavy atom. The van der Waals surface area contributed by atoms with Gasteiger partial charge in [-0.15, -0.1) is 0 Å². The van der Waals surface area contributed by atoms with E-state index in [4.69, 9.17) is 4.74 Å². The lowest BCUT2D eigenvalue weighted by Gasteiger charge is -2.32. The second-order valence-electron chi connectivity index (χ2n) is 7.09. The predicted molar refractivity (Wildman–Crippen MR) is 103 cm³/mol. The monoisotopic (exact) mass is 353 g/mol. The smallest absolute Gasteiger partial charge is 0.166 e. The Labute approximate surface area is 155 Å². The average Bonchev–Trinajstić information content (AvgIpc) is 2.67. The maximum Gasteiger partial charge on any atom is 0.166 e. The lowest BCUT2D eigenvalue weighted by atomic mass is 9.89. The van der Waals surface area contributed by atoms with E-state index in [0.29, 0.717) is 6.54 Å². The molecule has 1 N–H and O–H groups in total. The molecule has 1 aliphatic heterocycles. The number of piperidine rings is 1. The average molecular weight is 353 g/mol. The fourth-order valence-corrected chi connectivity index (χ4v) is 3.46. The van der Waals surface area contributed by atoms with Crippen molar-refractivity contribution in [2.75, 3.05) is 26.2 Å². The Morgan fingerprint density at radius 3 is 2.58 bits per heavy atom. The van der Waals surface area contributed by atoms with E-state index in [2.05, 4.69) is 4.90 Å². The summed E-state index contributed by atoms with van der Waals surface area (Å²) >= 11 is 0.